The van der Waals surface area contributed by atoms with Crippen LogP contribution in [0.2, 0.25) is 5.02 Å². The van der Waals surface area contributed by atoms with E-state index in [1.807, 2.05) is 24.3 Å². The van der Waals surface area contributed by atoms with Crippen molar-refractivity contribution in [2.75, 3.05) is 0 Å². The maximum atomic E-state index is 9.63. The molecule has 0 aliphatic carbocycles. The summed E-state index contributed by atoms with van der Waals surface area (Å²) < 4.78 is 0.894. The number of halogens is 2. The highest BCUT2D eigenvalue weighted by Crippen LogP contribution is 2.36. The van der Waals surface area contributed by atoms with Gasteiger partial charge in [0, 0.05) is 9.86 Å². The number of phenolic OH excluding ortho intramolecular Hbond substituents is 1. The third-order valence-corrected chi connectivity index (χ3v) is 2.86. The van der Waals surface area contributed by atoms with Gasteiger partial charge in [0.25, 0.3) is 0 Å². The molecule has 0 atom stereocenters. The zero-order valence-corrected chi connectivity index (χ0v) is 8.93. The molecule has 2 aromatic rings. The van der Waals surface area contributed by atoms with E-state index in [4.69, 9.17) is 11.6 Å². The lowest BCUT2D eigenvalue weighted by Gasteiger charge is -2.04. The number of benzene rings is 2. The lowest BCUT2D eigenvalue weighted by atomic mass is 10.1. The molecule has 0 bridgehead atoms. The summed E-state index contributed by atoms with van der Waals surface area (Å²) in [5, 5.41) is 11.7. The minimum absolute atomic E-state index is 0.139. The van der Waals surface area contributed by atoms with Crippen molar-refractivity contribution in [3.63, 3.8) is 0 Å². The smallest absolute Gasteiger partial charge is 0.142 e. The predicted molar refractivity (Wildman–Crippen MR) is 58.3 cm³/mol. The Morgan fingerprint density at radius 2 is 1.77 bits per heavy atom. The van der Waals surface area contributed by atoms with Crippen molar-refractivity contribution < 1.29 is 5.11 Å². The van der Waals surface area contributed by atoms with Crippen LogP contribution in [-0.4, -0.2) is 5.11 Å². The monoisotopic (exact) mass is 256 g/mol. The molecular weight excluding hydrogens is 251 g/mol. The van der Waals surface area contributed by atoms with E-state index in [0.717, 1.165) is 15.2 Å². The summed E-state index contributed by atoms with van der Waals surface area (Å²) in [6.07, 6.45) is 0. The SMILES string of the molecule is Oc1c(Cl)cc(Br)c2ccccc12. The number of phenols is 1. The third kappa shape index (κ3) is 1.40. The van der Waals surface area contributed by atoms with E-state index >= 15 is 0 Å². The van der Waals surface area contributed by atoms with Crippen molar-refractivity contribution in [3.05, 3.63) is 39.8 Å². The Morgan fingerprint density at radius 1 is 1.15 bits per heavy atom. The van der Waals surface area contributed by atoms with Gasteiger partial charge in [-0.3, -0.25) is 0 Å². The molecule has 0 unspecified atom stereocenters. The molecule has 2 rings (SSSR count). The number of rotatable bonds is 0. The van der Waals surface area contributed by atoms with Crippen LogP contribution in [0.5, 0.6) is 5.75 Å². The number of fused-ring (bicyclic) bond motifs is 1. The van der Waals surface area contributed by atoms with Gasteiger partial charge < -0.3 is 5.11 Å². The molecule has 0 aliphatic heterocycles. The molecule has 66 valence electrons. The van der Waals surface area contributed by atoms with Crippen LogP contribution in [0.25, 0.3) is 10.8 Å². The van der Waals surface area contributed by atoms with Crippen molar-refractivity contribution in [1.29, 1.82) is 0 Å². The number of aromatic hydroxyl groups is 1. The van der Waals surface area contributed by atoms with E-state index in [2.05, 4.69) is 15.9 Å². The first-order valence-electron chi connectivity index (χ1n) is 3.76. The molecule has 0 saturated carbocycles. The Hall–Kier alpha value is -0.730. The fraction of sp³-hybridized carbons (Fsp3) is 0. The fourth-order valence-electron chi connectivity index (χ4n) is 1.28. The van der Waals surface area contributed by atoms with Crippen LogP contribution >= 0.6 is 27.5 Å². The molecule has 0 heterocycles. The zero-order chi connectivity index (χ0) is 9.42. The summed E-state index contributed by atoms with van der Waals surface area (Å²) in [6.45, 7) is 0. The molecule has 1 N–H and O–H groups in total. The number of hydrogen-bond acceptors (Lipinski definition) is 1. The van der Waals surface area contributed by atoms with Crippen LogP contribution in [0.15, 0.2) is 34.8 Å². The first-order chi connectivity index (χ1) is 6.20. The first-order valence-corrected chi connectivity index (χ1v) is 4.93. The summed E-state index contributed by atoms with van der Waals surface area (Å²) in [5.74, 6) is 0.139. The molecule has 0 fully saturated rings. The van der Waals surface area contributed by atoms with E-state index in [0.29, 0.717) is 5.02 Å². The lowest BCUT2D eigenvalue weighted by molar-refractivity contribution is 0.482. The Bertz CT molecular complexity index is 468. The van der Waals surface area contributed by atoms with Gasteiger partial charge in [-0.2, -0.15) is 0 Å². The molecule has 13 heavy (non-hydrogen) atoms. The second-order valence-corrected chi connectivity index (χ2v) is 4.00. The average molecular weight is 258 g/mol. The summed E-state index contributed by atoms with van der Waals surface area (Å²) in [4.78, 5) is 0. The summed E-state index contributed by atoms with van der Waals surface area (Å²) >= 11 is 9.20. The Kier molecular flexibility index (Phi) is 2.18. The molecule has 0 spiro atoms. The van der Waals surface area contributed by atoms with E-state index < -0.39 is 0 Å². The van der Waals surface area contributed by atoms with Gasteiger partial charge in [-0.25, -0.2) is 0 Å². The van der Waals surface area contributed by atoms with Gasteiger partial charge in [-0.15, -0.1) is 0 Å². The first kappa shape index (κ1) is 8.85. The molecule has 1 nitrogen and oxygen atoms in total. The summed E-state index contributed by atoms with van der Waals surface area (Å²) in [7, 11) is 0. The molecule has 3 heteroatoms. The average Bonchev–Trinajstić information content (AvgIpc) is 2.15. The highest BCUT2D eigenvalue weighted by Gasteiger charge is 2.06. The van der Waals surface area contributed by atoms with Crippen molar-refractivity contribution in [2.24, 2.45) is 0 Å². The second-order valence-electron chi connectivity index (χ2n) is 2.73. The van der Waals surface area contributed by atoms with Gasteiger partial charge in [-0.1, -0.05) is 51.8 Å². The molecule has 0 radical (unpaired) electrons. The van der Waals surface area contributed by atoms with E-state index in [1.165, 1.54) is 0 Å². The van der Waals surface area contributed by atoms with Crippen LogP contribution in [-0.2, 0) is 0 Å². The Balaban J connectivity index is 2.97. The standard InChI is InChI=1S/C10H6BrClO/c11-8-5-9(12)10(13)7-4-2-1-3-6(7)8/h1-5,13H. The highest BCUT2D eigenvalue weighted by molar-refractivity contribution is 9.10. The molecule has 0 amide bonds. The van der Waals surface area contributed by atoms with Crippen LogP contribution in [0.4, 0.5) is 0 Å². The van der Waals surface area contributed by atoms with Gasteiger partial charge in [-0.05, 0) is 11.5 Å². The second kappa shape index (κ2) is 3.20. The Labute approximate surface area is 89.1 Å². The van der Waals surface area contributed by atoms with Gasteiger partial charge in [0.1, 0.15) is 5.75 Å². The maximum Gasteiger partial charge on any atom is 0.142 e. The predicted octanol–water partition coefficient (Wildman–Crippen LogP) is 3.96. The van der Waals surface area contributed by atoms with Crippen LogP contribution in [0, 0.1) is 0 Å². The minimum Gasteiger partial charge on any atom is -0.506 e. The quantitative estimate of drug-likeness (QED) is 0.757. The molecule has 2 aromatic carbocycles. The van der Waals surface area contributed by atoms with Crippen LogP contribution in [0.3, 0.4) is 0 Å². The largest absolute Gasteiger partial charge is 0.506 e. The van der Waals surface area contributed by atoms with E-state index in [-0.39, 0.29) is 5.75 Å². The Morgan fingerprint density at radius 3 is 2.46 bits per heavy atom. The normalized spacial score (nSPS) is 10.6. The molecular formula is C10H6BrClO. The van der Waals surface area contributed by atoms with Crippen molar-refractivity contribution in [3.8, 4) is 5.75 Å². The third-order valence-electron chi connectivity index (χ3n) is 1.92. The van der Waals surface area contributed by atoms with Gasteiger partial charge >= 0.3 is 0 Å². The summed E-state index contributed by atoms with van der Waals surface area (Å²) in [6, 6.07) is 9.24. The molecule has 0 aromatic heterocycles. The highest BCUT2D eigenvalue weighted by atomic mass is 79.9. The van der Waals surface area contributed by atoms with Gasteiger partial charge in [0.05, 0.1) is 5.02 Å². The molecule has 0 saturated heterocycles. The zero-order valence-electron chi connectivity index (χ0n) is 6.59. The number of hydrogen-bond donors (Lipinski definition) is 1. The minimum atomic E-state index is 0.139. The fourth-order valence-corrected chi connectivity index (χ4v) is 2.20. The van der Waals surface area contributed by atoms with Gasteiger partial charge in [0.2, 0.25) is 0 Å². The topological polar surface area (TPSA) is 20.2 Å². The van der Waals surface area contributed by atoms with Gasteiger partial charge in [0.15, 0.2) is 0 Å². The molecule has 0 aliphatic rings. The summed E-state index contributed by atoms with van der Waals surface area (Å²) in [5.41, 5.74) is 0. The van der Waals surface area contributed by atoms with Crippen LogP contribution < -0.4 is 0 Å². The maximum absolute atomic E-state index is 9.63. The van der Waals surface area contributed by atoms with E-state index in [9.17, 15) is 5.11 Å². The van der Waals surface area contributed by atoms with Crippen molar-refractivity contribution >= 4 is 38.3 Å². The lowest BCUT2D eigenvalue weighted by Crippen LogP contribution is -1.77. The van der Waals surface area contributed by atoms with Crippen molar-refractivity contribution in [2.45, 2.75) is 0 Å². The van der Waals surface area contributed by atoms with Crippen molar-refractivity contribution in [1.82, 2.24) is 0 Å². The van der Waals surface area contributed by atoms with E-state index in [1.54, 1.807) is 6.07 Å². The van der Waals surface area contributed by atoms with Crippen LogP contribution in [0.1, 0.15) is 0 Å².